The van der Waals surface area contributed by atoms with Crippen molar-refractivity contribution in [1.29, 1.82) is 0 Å². The third kappa shape index (κ3) is 6.42. The average molecular weight is 499 g/mol. The molecular formula is C26H27ClN2O6. The highest BCUT2D eigenvalue weighted by Gasteiger charge is 2.29. The molecule has 3 atom stereocenters. The van der Waals surface area contributed by atoms with Gasteiger partial charge in [0.1, 0.15) is 17.9 Å². The van der Waals surface area contributed by atoms with E-state index in [-0.39, 0.29) is 11.4 Å². The molecule has 0 saturated heterocycles. The van der Waals surface area contributed by atoms with Gasteiger partial charge in [0.25, 0.3) is 5.91 Å². The minimum atomic E-state index is -1.03. The van der Waals surface area contributed by atoms with Crippen LogP contribution in [0.5, 0.6) is 17.2 Å². The number of halogens is 1. The highest BCUT2D eigenvalue weighted by atomic mass is 35.5. The minimum absolute atomic E-state index is 0.0895. The second-order valence-electron chi connectivity index (χ2n) is 7.93. The maximum absolute atomic E-state index is 12.8. The van der Waals surface area contributed by atoms with Gasteiger partial charge in [-0.05, 0) is 44.0 Å². The van der Waals surface area contributed by atoms with Crippen LogP contribution in [0.15, 0.2) is 60.8 Å². The highest BCUT2D eigenvalue weighted by molar-refractivity contribution is 6.32. The van der Waals surface area contributed by atoms with E-state index in [0.29, 0.717) is 10.8 Å². The summed E-state index contributed by atoms with van der Waals surface area (Å²) >= 11 is 6.36. The summed E-state index contributed by atoms with van der Waals surface area (Å²) in [6, 6.07) is 15.1. The van der Waals surface area contributed by atoms with Crippen molar-refractivity contribution in [2.75, 3.05) is 7.11 Å². The van der Waals surface area contributed by atoms with Crippen molar-refractivity contribution in [2.45, 2.75) is 39.0 Å². The van der Waals surface area contributed by atoms with E-state index in [9.17, 15) is 14.7 Å². The number of carbonyl (C=O) groups excluding carboxylic acids is 2. The Kier molecular flexibility index (Phi) is 8.54. The fraction of sp³-hybridized carbons (Fsp3) is 0.269. The summed E-state index contributed by atoms with van der Waals surface area (Å²) in [4.78, 5) is 29.2. The van der Waals surface area contributed by atoms with Gasteiger partial charge >= 0.3 is 5.97 Å². The van der Waals surface area contributed by atoms with E-state index >= 15 is 0 Å². The van der Waals surface area contributed by atoms with E-state index in [1.165, 1.54) is 26.3 Å². The standard InChI is InChI=1S/C26H27ClN2O6/c1-15-10-11-20(19(27)14-15)35-24(18-8-6-5-7-9-18)17(3)34-26(32)16(2)29-25(31)22-23(30)21(33-4)12-13-28-22/h5-14,16-17,24,30H,1-4H3,(H,29,31)/t16-,17-,24-/m0/s1. The summed E-state index contributed by atoms with van der Waals surface area (Å²) in [6.45, 7) is 5.09. The number of aryl methyl sites for hydroxylation is 1. The van der Waals surface area contributed by atoms with Crippen LogP contribution in [0.1, 0.15) is 41.6 Å². The van der Waals surface area contributed by atoms with Crippen molar-refractivity contribution in [3.8, 4) is 17.2 Å². The number of pyridine rings is 1. The van der Waals surface area contributed by atoms with Crippen molar-refractivity contribution in [1.82, 2.24) is 10.3 Å². The molecule has 0 spiro atoms. The molecular weight excluding hydrogens is 472 g/mol. The molecule has 35 heavy (non-hydrogen) atoms. The Balaban J connectivity index is 1.73. The van der Waals surface area contributed by atoms with Crippen LogP contribution >= 0.6 is 11.6 Å². The zero-order valence-electron chi connectivity index (χ0n) is 19.8. The molecule has 0 bridgehead atoms. The lowest BCUT2D eigenvalue weighted by atomic mass is 10.0. The third-order valence-electron chi connectivity index (χ3n) is 5.22. The Bertz CT molecular complexity index is 1190. The van der Waals surface area contributed by atoms with Gasteiger partial charge in [0.05, 0.1) is 12.1 Å². The predicted molar refractivity (Wildman–Crippen MR) is 131 cm³/mol. The second kappa shape index (κ2) is 11.6. The summed E-state index contributed by atoms with van der Waals surface area (Å²) in [5.41, 5.74) is 1.50. The smallest absolute Gasteiger partial charge is 0.328 e. The first-order valence-electron chi connectivity index (χ1n) is 10.9. The number of benzene rings is 2. The molecule has 0 unspecified atom stereocenters. The zero-order chi connectivity index (χ0) is 25.5. The normalized spacial score (nSPS) is 13.3. The summed E-state index contributed by atoms with van der Waals surface area (Å²) < 4.78 is 16.8. The van der Waals surface area contributed by atoms with Gasteiger partial charge in [-0.2, -0.15) is 0 Å². The van der Waals surface area contributed by atoms with E-state index in [4.69, 9.17) is 25.8 Å². The number of esters is 1. The zero-order valence-corrected chi connectivity index (χ0v) is 20.6. The Morgan fingerprint density at radius 3 is 2.43 bits per heavy atom. The van der Waals surface area contributed by atoms with E-state index in [0.717, 1.165) is 11.1 Å². The molecule has 0 saturated carbocycles. The maximum atomic E-state index is 12.8. The first kappa shape index (κ1) is 25.8. The van der Waals surface area contributed by atoms with E-state index < -0.39 is 35.9 Å². The third-order valence-corrected chi connectivity index (χ3v) is 5.52. The Morgan fingerprint density at radius 1 is 1.06 bits per heavy atom. The monoisotopic (exact) mass is 498 g/mol. The molecule has 0 fully saturated rings. The van der Waals surface area contributed by atoms with Crippen LogP contribution in [-0.4, -0.2) is 41.2 Å². The lowest BCUT2D eigenvalue weighted by molar-refractivity contribution is -0.154. The number of nitrogens with zero attached hydrogens (tertiary/aromatic N) is 1. The van der Waals surface area contributed by atoms with Gasteiger partial charge in [-0.15, -0.1) is 0 Å². The van der Waals surface area contributed by atoms with Gasteiger partial charge in [0.2, 0.25) is 0 Å². The molecule has 1 aromatic heterocycles. The number of rotatable bonds is 9. The molecule has 0 aliphatic heterocycles. The number of amides is 1. The predicted octanol–water partition coefficient (Wildman–Crippen LogP) is 4.63. The lowest BCUT2D eigenvalue weighted by Crippen LogP contribution is -2.42. The molecule has 1 amide bonds. The average Bonchev–Trinajstić information content (AvgIpc) is 2.84. The molecule has 2 aromatic carbocycles. The van der Waals surface area contributed by atoms with Gasteiger partial charge in [0.15, 0.2) is 23.3 Å². The number of aromatic nitrogens is 1. The van der Waals surface area contributed by atoms with E-state index in [1.807, 2.05) is 43.3 Å². The molecule has 3 aromatic rings. The van der Waals surface area contributed by atoms with Crippen molar-refractivity contribution >= 4 is 23.5 Å². The number of carbonyl (C=O) groups is 2. The summed E-state index contributed by atoms with van der Waals surface area (Å²) in [6.07, 6.45) is -0.0754. The number of hydrogen-bond donors (Lipinski definition) is 2. The molecule has 1 heterocycles. The van der Waals surface area contributed by atoms with Crippen LogP contribution in [0.4, 0.5) is 0 Å². The van der Waals surface area contributed by atoms with Crippen LogP contribution in [-0.2, 0) is 9.53 Å². The maximum Gasteiger partial charge on any atom is 0.328 e. The van der Waals surface area contributed by atoms with Crippen LogP contribution in [0.2, 0.25) is 5.02 Å². The van der Waals surface area contributed by atoms with Crippen LogP contribution in [0, 0.1) is 6.92 Å². The van der Waals surface area contributed by atoms with Gasteiger partial charge in [0, 0.05) is 12.3 Å². The van der Waals surface area contributed by atoms with Crippen molar-refractivity contribution < 1.29 is 28.9 Å². The number of nitrogens with one attached hydrogen (secondary N) is 1. The molecule has 0 radical (unpaired) electrons. The van der Waals surface area contributed by atoms with Crippen molar-refractivity contribution in [3.63, 3.8) is 0 Å². The molecule has 8 nitrogen and oxygen atoms in total. The molecule has 184 valence electrons. The fourth-order valence-corrected chi connectivity index (χ4v) is 3.63. The summed E-state index contributed by atoms with van der Waals surface area (Å²) in [7, 11) is 1.35. The first-order valence-corrected chi connectivity index (χ1v) is 11.3. The van der Waals surface area contributed by atoms with Gasteiger partial charge in [-0.1, -0.05) is 48.0 Å². The molecule has 0 aliphatic rings. The SMILES string of the molecule is COc1ccnc(C(=O)N[C@@H](C)C(=O)O[C@@H](C)[C@H](Oc2ccc(C)cc2Cl)c2ccccc2)c1O. The number of ether oxygens (including phenoxy) is 3. The van der Waals surface area contributed by atoms with Crippen LogP contribution < -0.4 is 14.8 Å². The lowest BCUT2D eigenvalue weighted by Gasteiger charge is -2.27. The minimum Gasteiger partial charge on any atom is -0.503 e. The summed E-state index contributed by atoms with van der Waals surface area (Å²) in [5.74, 6) is -1.32. The highest BCUT2D eigenvalue weighted by Crippen LogP contribution is 2.32. The largest absolute Gasteiger partial charge is 0.503 e. The molecule has 2 N–H and O–H groups in total. The van der Waals surface area contributed by atoms with Crippen molar-refractivity contribution in [3.05, 3.63) is 82.6 Å². The van der Waals surface area contributed by atoms with E-state index in [1.54, 1.807) is 19.1 Å². The second-order valence-corrected chi connectivity index (χ2v) is 8.34. The fourth-order valence-electron chi connectivity index (χ4n) is 3.35. The van der Waals surface area contributed by atoms with Crippen LogP contribution in [0.25, 0.3) is 0 Å². The topological polar surface area (TPSA) is 107 Å². The molecule has 0 aliphatic carbocycles. The number of methoxy groups -OCH3 is 1. The molecule has 3 rings (SSSR count). The molecule has 9 heteroatoms. The van der Waals surface area contributed by atoms with Gasteiger partial charge in [-0.3, -0.25) is 4.79 Å². The number of hydrogen-bond acceptors (Lipinski definition) is 7. The van der Waals surface area contributed by atoms with Gasteiger partial charge < -0.3 is 24.6 Å². The Hall–Kier alpha value is -3.78. The Morgan fingerprint density at radius 2 is 1.77 bits per heavy atom. The number of aromatic hydroxyl groups is 1. The Labute approximate surface area is 208 Å². The first-order chi connectivity index (χ1) is 16.7. The van der Waals surface area contributed by atoms with E-state index in [2.05, 4.69) is 10.3 Å². The quantitative estimate of drug-likeness (QED) is 0.414. The summed E-state index contributed by atoms with van der Waals surface area (Å²) in [5, 5.41) is 13.1. The van der Waals surface area contributed by atoms with Crippen molar-refractivity contribution in [2.24, 2.45) is 0 Å². The van der Waals surface area contributed by atoms with Crippen LogP contribution in [0.3, 0.4) is 0 Å². The van der Waals surface area contributed by atoms with Gasteiger partial charge in [-0.25, -0.2) is 9.78 Å².